The molecule has 2 heterocycles. The molecule has 1 aliphatic heterocycles. The van der Waals surface area contributed by atoms with Gasteiger partial charge < -0.3 is 0 Å². The highest BCUT2D eigenvalue weighted by Gasteiger charge is 2.26. The highest BCUT2D eigenvalue weighted by molar-refractivity contribution is 7.89. The molecule has 0 atom stereocenters. The number of piperazine rings is 1. The summed E-state index contributed by atoms with van der Waals surface area (Å²) >= 11 is 0. The molecule has 1 fully saturated rings. The maximum atomic E-state index is 12.5. The summed E-state index contributed by atoms with van der Waals surface area (Å²) in [5.74, 6) is 0.180. The van der Waals surface area contributed by atoms with E-state index in [4.69, 9.17) is 0 Å². The predicted octanol–water partition coefficient (Wildman–Crippen LogP) is 1.77. The van der Waals surface area contributed by atoms with Gasteiger partial charge in [-0.1, -0.05) is 36.4 Å². The van der Waals surface area contributed by atoms with Crippen molar-refractivity contribution in [3.63, 3.8) is 0 Å². The van der Waals surface area contributed by atoms with Gasteiger partial charge in [0.25, 0.3) is 0 Å². The minimum Gasteiger partial charge on any atom is -0.296 e. The molecular weight excluding hydrogens is 322 g/mol. The number of hydrogen-bond donors (Lipinski definition) is 0. The Morgan fingerprint density at radius 2 is 1.62 bits per heavy atom. The molecule has 6 heteroatoms. The third-order valence-electron chi connectivity index (χ3n) is 4.35. The van der Waals surface area contributed by atoms with Gasteiger partial charge in [-0.25, -0.2) is 8.42 Å². The minimum absolute atomic E-state index is 0.180. The van der Waals surface area contributed by atoms with Crippen molar-refractivity contribution < 1.29 is 8.42 Å². The Morgan fingerprint density at radius 1 is 0.917 bits per heavy atom. The number of aromatic nitrogens is 1. The predicted molar refractivity (Wildman–Crippen MR) is 95.0 cm³/mol. The van der Waals surface area contributed by atoms with Crippen molar-refractivity contribution in [3.05, 3.63) is 66.0 Å². The van der Waals surface area contributed by atoms with Crippen molar-refractivity contribution in [3.8, 4) is 0 Å². The molecule has 5 nitrogen and oxygen atoms in total. The van der Waals surface area contributed by atoms with Gasteiger partial charge in [0.2, 0.25) is 10.0 Å². The number of aryl methyl sites for hydroxylation is 1. The number of pyridine rings is 1. The van der Waals surface area contributed by atoms with Gasteiger partial charge in [0.15, 0.2) is 0 Å². The van der Waals surface area contributed by atoms with E-state index in [1.807, 2.05) is 42.6 Å². The van der Waals surface area contributed by atoms with Crippen LogP contribution in [0.3, 0.4) is 0 Å². The second kappa shape index (κ2) is 7.88. The first-order chi connectivity index (χ1) is 11.6. The molecule has 1 aliphatic rings. The molecule has 1 aromatic carbocycles. The zero-order valence-corrected chi connectivity index (χ0v) is 14.5. The van der Waals surface area contributed by atoms with Crippen LogP contribution in [0, 0.1) is 0 Å². The van der Waals surface area contributed by atoms with Crippen molar-refractivity contribution in [2.75, 3.05) is 31.9 Å². The first-order valence-corrected chi connectivity index (χ1v) is 9.87. The number of benzene rings is 1. The van der Waals surface area contributed by atoms with Gasteiger partial charge >= 0.3 is 0 Å². The lowest BCUT2D eigenvalue weighted by Gasteiger charge is -2.34. The summed E-state index contributed by atoms with van der Waals surface area (Å²) < 4.78 is 26.7. The molecule has 0 N–H and O–H groups in total. The third-order valence-corrected chi connectivity index (χ3v) is 6.22. The van der Waals surface area contributed by atoms with Crippen molar-refractivity contribution in [2.45, 2.75) is 13.0 Å². The Bertz CT molecular complexity index is 727. The van der Waals surface area contributed by atoms with E-state index in [1.54, 1.807) is 10.5 Å². The van der Waals surface area contributed by atoms with Gasteiger partial charge in [0, 0.05) is 45.1 Å². The van der Waals surface area contributed by atoms with Crippen LogP contribution < -0.4 is 0 Å². The molecule has 1 saturated heterocycles. The van der Waals surface area contributed by atoms with Crippen molar-refractivity contribution in [1.29, 1.82) is 0 Å². The fraction of sp³-hybridized carbons (Fsp3) is 0.389. The second-order valence-corrected chi connectivity index (χ2v) is 8.18. The van der Waals surface area contributed by atoms with Crippen LogP contribution in [0.1, 0.15) is 11.1 Å². The Balaban J connectivity index is 1.50. The van der Waals surface area contributed by atoms with Crippen LogP contribution in [0.25, 0.3) is 0 Å². The summed E-state index contributed by atoms with van der Waals surface area (Å²) in [6.45, 7) is 3.49. The van der Waals surface area contributed by atoms with Crippen LogP contribution in [0.5, 0.6) is 0 Å². The van der Waals surface area contributed by atoms with Gasteiger partial charge in [0.1, 0.15) is 0 Å². The van der Waals surface area contributed by atoms with Crippen molar-refractivity contribution in [2.24, 2.45) is 0 Å². The van der Waals surface area contributed by atoms with E-state index in [0.717, 1.165) is 30.8 Å². The van der Waals surface area contributed by atoms with E-state index in [2.05, 4.69) is 16.0 Å². The minimum atomic E-state index is -3.18. The fourth-order valence-corrected chi connectivity index (χ4v) is 4.41. The zero-order valence-electron chi connectivity index (χ0n) is 13.7. The second-order valence-electron chi connectivity index (χ2n) is 6.09. The summed E-state index contributed by atoms with van der Waals surface area (Å²) in [4.78, 5) is 6.40. The van der Waals surface area contributed by atoms with E-state index in [0.29, 0.717) is 19.5 Å². The molecule has 2 aromatic rings. The summed E-state index contributed by atoms with van der Waals surface area (Å²) in [5, 5.41) is 0. The average Bonchev–Trinajstić information content (AvgIpc) is 2.62. The highest BCUT2D eigenvalue weighted by atomic mass is 32.2. The molecule has 0 radical (unpaired) electrons. The molecule has 0 amide bonds. The maximum Gasteiger partial charge on any atom is 0.214 e. The summed E-state index contributed by atoms with van der Waals surface area (Å²) in [5.41, 5.74) is 2.23. The van der Waals surface area contributed by atoms with Gasteiger partial charge in [-0.3, -0.25) is 9.88 Å². The number of hydrogen-bond acceptors (Lipinski definition) is 4. The van der Waals surface area contributed by atoms with E-state index < -0.39 is 10.0 Å². The lowest BCUT2D eigenvalue weighted by Crippen LogP contribution is -2.49. The summed E-state index contributed by atoms with van der Waals surface area (Å²) in [7, 11) is -3.18. The SMILES string of the molecule is O=S(=O)(CCc1ccccc1)N1CCN(Cc2cccnc2)CC1. The Morgan fingerprint density at radius 3 is 2.29 bits per heavy atom. The van der Waals surface area contributed by atoms with Gasteiger partial charge in [-0.2, -0.15) is 4.31 Å². The maximum absolute atomic E-state index is 12.5. The summed E-state index contributed by atoms with van der Waals surface area (Å²) in [6, 6.07) is 13.8. The molecular formula is C18H23N3O2S. The molecule has 1 aromatic heterocycles. The van der Waals surface area contributed by atoms with E-state index in [-0.39, 0.29) is 5.75 Å². The molecule has 0 spiro atoms. The number of nitrogens with zero attached hydrogens (tertiary/aromatic N) is 3. The number of rotatable bonds is 6. The van der Waals surface area contributed by atoms with Crippen LogP contribution in [-0.2, 0) is 23.0 Å². The topological polar surface area (TPSA) is 53.5 Å². The van der Waals surface area contributed by atoms with E-state index >= 15 is 0 Å². The Kier molecular flexibility index (Phi) is 5.60. The third kappa shape index (κ3) is 4.63. The standard InChI is InChI=1S/C18H23N3O2S/c22-24(23,14-8-17-5-2-1-3-6-17)21-12-10-20(11-13-21)16-18-7-4-9-19-15-18/h1-7,9,15H,8,10-14,16H2. The summed E-state index contributed by atoms with van der Waals surface area (Å²) in [6.07, 6.45) is 4.20. The van der Waals surface area contributed by atoms with E-state index in [1.165, 1.54) is 0 Å². The molecule has 0 saturated carbocycles. The monoisotopic (exact) mass is 345 g/mol. The molecule has 0 unspecified atom stereocenters. The average molecular weight is 345 g/mol. The van der Waals surface area contributed by atoms with Crippen molar-refractivity contribution >= 4 is 10.0 Å². The van der Waals surface area contributed by atoms with Gasteiger partial charge in [-0.05, 0) is 23.6 Å². The Hall–Kier alpha value is -1.76. The molecule has 3 rings (SSSR count). The van der Waals surface area contributed by atoms with E-state index in [9.17, 15) is 8.42 Å². The molecule has 0 aliphatic carbocycles. The van der Waals surface area contributed by atoms with Crippen LogP contribution in [0.15, 0.2) is 54.9 Å². The largest absolute Gasteiger partial charge is 0.296 e. The quantitative estimate of drug-likeness (QED) is 0.801. The fourth-order valence-electron chi connectivity index (χ4n) is 2.94. The van der Waals surface area contributed by atoms with Crippen LogP contribution in [0.2, 0.25) is 0 Å². The van der Waals surface area contributed by atoms with Gasteiger partial charge in [0.05, 0.1) is 5.75 Å². The highest BCUT2D eigenvalue weighted by Crippen LogP contribution is 2.12. The first kappa shape index (κ1) is 17.1. The normalized spacial score (nSPS) is 17.0. The van der Waals surface area contributed by atoms with Crippen LogP contribution >= 0.6 is 0 Å². The zero-order chi connectivity index (χ0) is 16.8. The molecule has 24 heavy (non-hydrogen) atoms. The van der Waals surface area contributed by atoms with Crippen LogP contribution in [0.4, 0.5) is 0 Å². The van der Waals surface area contributed by atoms with Gasteiger partial charge in [-0.15, -0.1) is 0 Å². The molecule has 0 bridgehead atoms. The van der Waals surface area contributed by atoms with Crippen LogP contribution in [-0.4, -0.2) is 54.5 Å². The Labute approximate surface area is 144 Å². The number of sulfonamides is 1. The lowest BCUT2D eigenvalue weighted by molar-refractivity contribution is 0.181. The lowest BCUT2D eigenvalue weighted by atomic mass is 10.2. The van der Waals surface area contributed by atoms with Crippen molar-refractivity contribution in [1.82, 2.24) is 14.2 Å². The molecule has 128 valence electrons. The first-order valence-electron chi connectivity index (χ1n) is 8.26. The smallest absolute Gasteiger partial charge is 0.214 e.